The Balaban J connectivity index is 0.00000272. The second-order valence-corrected chi connectivity index (χ2v) is 7.15. The molecular formula is C21H19Cl2N5O3. The van der Waals surface area contributed by atoms with Gasteiger partial charge in [0.25, 0.3) is 5.95 Å². The summed E-state index contributed by atoms with van der Waals surface area (Å²) < 4.78 is 1.67. The third-order valence-electron chi connectivity index (χ3n) is 4.58. The van der Waals surface area contributed by atoms with Gasteiger partial charge in [-0.3, -0.25) is 14.9 Å². The van der Waals surface area contributed by atoms with Crippen molar-refractivity contribution in [1.82, 2.24) is 14.8 Å². The Labute approximate surface area is 189 Å². The molecule has 1 aromatic heterocycles. The van der Waals surface area contributed by atoms with E-state index in [0.717, 1.165) is 16.8 Å². The molecule has 3 aromatic rings. The predicted molar refractivity (Wildman–Crippen MR) is 120 cm³/mol. The van der Waals surface area contributed by atoms with E-state index in [1.807, 2.05) is 48.5 Å². The van der Waals surface area contributed by atoms with Crippen molar-refractivity contribution < 1.29 is 14.7 Å². The van der Waals surface area contributed by atoms with E-state index in [2.05, 4.69) is 20.7 Å². The highest BCUT2D eigenvalue weighted by Gasteiger charge is 2.25. The first-order valence-electron chi connectivity index (χ1n) is 9.27. The van der Waals surface area contributed by atoms with Crippen molar-refractivity contribution in [3.63, 3.8) is 0 Å². The third kappa shape index (κ3) is 5.22. The third-order valence-corrected chi connectivity index (χ3v) is 4.83. The zero-order chi connectivity index (χ0) is 21.1. The minimum Gasteiger partial charge on any atom is -0.481 e. The molecule has 1 atom stereocenters. The number of allylic oxidation sites excluding steroid dienone is 1. The number of benzene rings is 2. The summed E-state index contributed by atoms with van der Waals surface area (Å²) in [6, 6.07) is 17.0. The quantitative estimate of drug-likeness (QED) is 0.509. The number of aliphatic carboxylic acids is 1. The molecule has 4 rings (SSSR count). The maximum absolute atomic E-state index is 12.0. The number of anilines is 2. The van der Waals surface area contributed by atoms with Gasteiger partial charge < -0.3 is 10.4 Å². The Morgan fingerprint density at radius 1 is 1.10 bits per heavy atom. The van der Waals surface area contributed by atoms with Gasteiger partial charge in [0.05, 0.1) is 6.42 Å². The van der Waals surface area contributed by atoms with E-state index in [4.69, 9.17) is 16.7 Å². The second kappa shape index (κ2) is 9.63. The van der Waals surface area contributed by atoms with Crippen LogP contribution in [0.5, 0.6) is 0 Å². The molecule has 1 amide bonds. The van der Waals surface area contributed by atoms with Gasteiger partial charge in [-0.1, -0.05) is 54.1 Å². The molecule has 8 nitrogen and oxygen atoms in total. The Bertz CT molecular complexity index is 1110. The molecule has 2 heterocycles. The maximum Gasteiger partial charge on any atom is 0.303 e. The SMILES string of the molecule is Cl.O=C(O)CCC(=O)Nc1nc2n(n1)C(c1ccc(Cl)cc1)C=C(c1ccccc1)N2. The van der Waals surface area contributed by atoms with Crippen molar-refractivity contribution in [3.8, 4) is 0 Å². The molecule has 0 fully saturated rings. The fraction of sp³-hybridized carbons (Fsp3) is 0.143. The zero-order valence-electron chi connectivity index (χ0n) is 16.2. The number of carboxylic acids is 1. The number of carbonyl (C=O) groups is 2. The van der Waals surface area contributed by atoms with E-state index in [9.17, 15) is 9.59 Å². The second-order valence-electron chi connectivity index (χ2n) is 6.71. The molecule has 160 valence electrons. The number of nitrogens with one attached hydrogen (secondary N) is 2. The van der Waals surface area contributed by atoms with Gasteiger partial charge in [-0.2, -0.15) is 4.98 Å². The van der Waals surface area contributed by atoms with Crippen molar-refractivity contribution in [2.75, 3.05) is 10.6 Å². The molecule has 0 radical (unpaired) electrons. The standard InChI is InChI=1S/C21H18ClN5O3.ClH/c22-15-8-6-14(7-9-15)17-12-16(13-4-2-1-3-5-13)23-21-25-20(26-27(17)21)24-18(28)10-11-19(29)30;/h1-9,12,17H,10-11H2,(H,29,30)(H2,23,24,25,26,28);1H. The van der Waals surface area contributed by atoms with E-state index in [-0.39, 0.29) is 37.2 Å². The molecule has 31 heavy (non-hydrogen) atoms. The molecule has 3 N–H and O–H groups in total. The minimum atomic E-state index is -1.04. The molecular weight excluding hydrogens is 441 g/mol. The number of carbonyl (C=O) groups excluding carboxylic acids is 1. The highest BCUT2D eigenvalue weighted by Crippen LogP contribution is 2.33. The summed E-state index contributed by atoms with van der Waals surface area (Å²) in [5, 5.41) is 19.6. The maximum atomic E-state index is 12.0. The van der Waals surface area contributed by atoms with Crippen LogP contribution in [0.15, 0.2) is 60.7 Å². The molecule has 0 bridgehead atoms. The summed E-state index contributed by atoms with van der Waals surface area (Å²) in [7, 11) is 0. The molecule has 1 aliphatic heterocycles. The molecule has 2 aromatic carbocycles. The summed E-state index contributed by atoms with van der Waals surface area (Å²) in [6.45, 7) is 0. The van der Waals surface area contributed by atoms with Crippen LogP contribution >= 0.6 is 24.0 Å². The number of hydrogen-bond donors (Lipinski definition) is 3. The molecule has 0 spiro atoms. The summed E-state index contributed by atoms with van der Waals surface area (Å²) >= 11 is 6.04. The monoisotopic (exact) mass is 459 g/mol. The van der Waals surface area contributed by atoms with Crippen LogP contribution < -0.4 is 10.6 Å². The Hall–Kier alpha value is -3.36. The average Bonchev–Trinajstić information content (AvgIpc) is 3.15. The number of nitrogens with zero attached hydrogens (tertiary/aromatic N) is 3. The number of aromatic nitrogens is 3. The van der Waals surface area contributed by atoms with Gasteiger partial charge in [-0.25, -0.2) is 4.68 Å². The van der Waals surface area contributed by atoms with Crippen LogP contribution in [0.25, 0.3) is 5.70 Å². The number of halogens is 2. The van der Waals surface area contributed by atoms with Crippen LogP contribution in [0.2, 0.25) is 5.02 Å². The lowest BCUT2D eigenvalue weighted by Crippen LogP contribution is -2.20. The first kappa shape index (κ1) is 22.3. The van der Waals surface area contributed by atoms with Crippen LogP contribution in [0.3, 0.4) is 0 Å². The van der Waals surface area contributed by atoms with Crippen LogP contribution in [0, 0.1) is 0 Å². The molecule has 10 heteroatoms. The predicted octanol–water partition coefficient (Wildman–Crippen LogP) is 4.21. The van der Waals surface area contributed by atoms with E-state index >= 15 is 0 Å². The summed E-state index contributed by atoms with van der Waals surface area (Å²) in [6.07, 6.45) is 1.61. The van der Waals surface area contributed by atoms with Gasteiger partial charge in [0, 0.05) is 17.1 Å². The summed E-state index contributed by atoms with van der Waals surface area (Å²) in [5.41, 5.74) is 2.79. The topological polar surface area (TPSA) is 109 Å². The van der Waals surface area contributed by atoms with Gasteiger partial charge in [0.1, 0.15) is 6.04 Å². The summed E-state index contributed by atoms with van der Waals surface area (Å²) in [5.74, 6) is -0.928. The first-order chi connectivity index (χ1) is 14.5. The Kier molecular flexibility index (Phi) is 6.94. The van der Waals surface area contributed by atoms with E-state index in [1.54, 1.807) is 16.8 Å². The minimum absolute atomic E-state index is 0. The highest BCUT2D eigenvalue weighted by atomic mass is 35.5. The zero-order valence-corrected chi connectivity index (χ0v) is 17.7. The molecule has 1 unspecified atom stereocenters. The molecule has 0 saturated heterocycles. The van der Waals surface area contributed by atoms with Crippen LogP contribution in [0.1, 0.15) is 30.0 Å². The van der Waals surface area contributed by atoms with Crippen LogP contribution in [-0.2, 0) is 9.59 Å². The van der Waals surface area contributed by atoms with Gasteiger partial charge in [0.15, 0.2) is 0 Å². The number of fused-ring (bicyclic) bond motifs is 1. The fourth-order valence-electron chi connectivity index (χ4n) is 3.14. The summed E-state index contributed by atoms with van der Waals surface area (Å²) in [4.78, 5) is 27.0. The lowest BCUT2D eigenvalue weighted by Gasteiger charge is -2.24. The number of rotatable bonds is 6. The van der Waals surface area contributed by atoms with E-state index < -0.39 is 11.9 Å². The number of carboxylic acid groups (broad SMARTS) is 1. The van der Waals surface area contributed by atoms with Gasteiger partial charge >= 0.3 is 5.97 Å². The molecule has 0 saturated carbocycles. The van der Waals surface area contributed by atoms with Gasteiger partial charge in [-0.15, -0.1) is 17.5 Å². The lowest BCUT2D eigenvalue weighted by atomic mass is 10.0. The van der Waals surface area contributed by atoms with Crippen molar-refractivity contribution in [3.05, 3.63) is 76.8 Å². The Morgan fingerprint density at radius 3 is 2.48 bits per heavy atom. The largest absolute Gasteiger partial charge is 0.481 e. The molecule has 1 aliphatic rings. The normalized spacial score (nSPS) is 14.5. The fourth-order valence-corrected chi connectivity index (χ4v) is 3.26. The van der Waals surface area contributed by atoms with Gasteiger partial charge in [0.2, 0.25) is 11.9 Å². The van der Waals surface area contributed by atoms with Crippen molar-refractivity contribution in [1.29, 1.82) is 0 Å². The number of hydrogen-bond acceptors (Lipinski definition) is 5. The van der Waals surface area contributed by atoms with Crippen LogP contribution in [0.4, 0.5) is 11.9 Å². The highest BCUT2D eigenvalue weighted by molar-refractivity contribution is 6.30. The lowest BCUT2D eigenvalue weighted by molar-refractivity contribution is -0.138. The van der Waals surface area contributed by atoms with Crippen molar-refractivity contribution in [2.24, 2.45) is 0 Å². The van der Waals surface area contributed by atoms with Crippen LogP contribution in [-0.4, -0.2) is 31.7 Å². The molecule has 0 aliphatic carbocycles. The first-order valence-corrected chi connectivity index (χ1v) is 9.65. The average molecular weight is 460 g/mol. The van der Waals surface area contributed by atoms with Gasteiger partial charge in [-0.05, 0) is 29.3 Å². The van der Waals surface area contributed by atoms with Crippen molar-refractivity contribution >= 4 is 53.5 Å². The van der Waals surface area contributed by atoms with E-state index in [0.29, 0.717) is 11.0 Å². The Morgan fingerprint density at radius 2 is 1.81 bits per heavy atom. The van der Waals surface area contributed by atoms with E-state index in [1.165, 1.54) is 0 Å². The van der Waals surface area contributed by atoms with Crippen molar-refractivity contribution in [2.45, 2.75) is 18.9 Å². The number of amides is 1. The smallest absolute Gasteiger partial charge is 0.303 e.